The normalized spacial score (nSPS) is 12.5. The molecule has 0 aliphatic carbocycles. The lowest BCUT2D eigenvalue weighted by Gasteiger charge is -1.99. The molecule has 11 heavy (non-hydrogen) atoms. The van der Waals surface area contributed by atoms with Gasteiger partial charge < -0.3 is 0 Å². The Morgan fingerprint density at radius 2 is 2.36 bits per heavy atom. The highest BCUT2D eigenvalue weighted by molar-refractivity contribution is 6.20. The number of halogens is 1. The summed E-state index contributed by atoms with van der Waals surface area (Å²) in [7, 11) is 0. The Kier molecular flexibility index (Phi) is 2.54. The van der Waals surface area contributed by atoms with Crippen molar-refractivity contribution in [3.05, 3.63) is 34.5 Å². The summed E-state index contributed by atoms with van der Waals surface area (Å²) in [6.07, 6.45) is 0. The molecule has 1 unspecified atom stereocenters. The first-order valence-electron chi connectivity index (χ1n) is 3.14. The minimum absolute atomic E-state index is 0.502. The first-order valence-corrected chi connectivity index (χ1v) is 3.58. The molecule has 1 aromatic heterocycles. The first-order chi connectivity index (χ1) is 5.24. The van der Waals surface area contributed by atoms with Gasteiger partial charge in [-0.3, -0.25) is 4.98 Å². The van der Waals surface area contributed by atoms with Gasteiger partial charge in [0.05, 0.1) is 5.69 Å². The third-order valence-electron chi connectivity index (χ3n) is 1.25. The minimum Gasteiger partial charge on any atom is -0.254 e. The van der Waals surface area contributed by atoms with Crippen LogP contribution in [0.4, 0.5) is 0 Å². The summed E-state index contributed by atoms with van der Waals surface area (Å²) < 4.78 is 0. The molecule has 4 heteroatoms. The standard InChI is InChI=1S/C7H7ClN2O/c1-5-3-2-4-6(9-5)7(8)10-11/h2-4,7H,1H3. The molecule has 1 heterocycles. The monoisotopic (exact) mass is 170 g/mol. The van der Waals surface area contributed by atoms with Gasteiger partial charge in [-0.2, -0.15) is 0 Å². The van der Waals surface area contributed by atoms with E-state index in [0.717, 1.165) is 5.69 Å². The highest BCUT2D eigenvalue weighted by Crippen LogP contribution is 2.18. The Labute approximate surface area is 69.4 Å². The largest absolute Gasteiger partial charge is 0.254 e. The lowest BCUT2D eigenvalue weighted by atomic mass is 10.3. The molecule has 0 aliphatic heterocycles. The first kappa shape index (κ1) is 8.14. The number of aromatic nitrogens is 1. The summed E-state index contributed by atoms with van der Waals surface area (Å²) in [5.74, 6) is 0. The van der Waals surface area contributed by atoms with Crippen LogP contribution in [0, 0.1) is 11.8 Å². The lowest BCUT2D eigenvalue weighted by molar-refractivity contribution is 0.925. The Bertz CT molecular complexity index is 264. The molecule has 0 saturated carbocycles. The third-order valence-corrected chi connectivity index (χ3v) is 1.55. The summed E-state index contributed by atoms with van der Waals surface area (Å²) in [6.45, 7) is 1.83. The van der Waals surface area contributed by atoms with E-state index in [-0.39, 0.29) is 0 Å². The van der Waals surface area contributed by atoms with Crippen molar-refractivity contribution in [3.8, 4) is 0 Å². The van der Waals surface area contributed by atoms with E-state index in [1.807, 2.05) is 13.0 Å². The third kappa shape index (κ3) is 1.98. The van der Waals surface area contributed by atoms with Crippen molar-refractivity contribution in [1.29, 1.82) is 0 Å². The van der Waals surface area contributed by atoms with Crippen molar-refractivity contribution in [2.24, 2.45) is 5.18 Å². The van der Waals surface area contributed by atoms with Crippen LogP contribution in [0.25, 0.3) is 0 Å². The van der Waals surface area contributed by atoms with Gasteiger partial charge in [0.1, 0.15) is 0 Å². The van der Waals surface area contributed by atoms with Crippen LogP contribution >= 0.6 is 11.6 Å². The zero-order valence-corrected chi connectivity index (χ0v) is 6.75. The molecular weight excluding hydrogens is 164 g/mol. The van der Waals surface area contributed by atoms with Crippen LogP contribution in [-0.2, 0) is 0 Å². The van der Waals surface area contributed by atoms with Crippen LogP contribution in [0.5, 0.6) is 0 Å². The van der Waals surface area contributed by atoms with Gasteiger partial charge in [0.2, 0.25) is 5.50 Å². The van der Waals surface area contributed by atoms with E-state index in [1.54, 1.807) is 12.1 Å². The van der Waals surface area contributed by atoms with Crippen molar-refractivity contribution >= 4 is 11.6 Å². The van der Waals surface area contributed by atoms with E-state index in [9.17, 15) is 4.91 Å². The number of pyridine rings is 1. The van der Waals surface area contributed by atoms with E-state index >= 15 is 0 Å². The number of rotatable bonds is 2. The van der Waals surface area contributed by atoms with Crippen LogP contribution < -0.4 is 0 Å². The Morgan fingerprint density at radius 3 is 2.91 bits per heavy atom. The maximum absolute atomic E-state index is 9.99. The van der Waals surface area contributed by atoms with Crippen LogP contribution in [0.3, 0.4) is 0 Å². The van der Waals surface area contributed by atoms with Crippen molar-refractivity contribution in [1.82, 2.24) is 4.98 Å². The maximum Gasteiger partial charge on any atom is 0.207 e. The van der Waals surface area contributed by atoms with Crippen LogP contribution in [0.2, 0.25) is 0 Å². The molecule has 0 saturated heterocycles. The number of hydrogen-bond acceptors (Lipinski definition) is 3. The van der Waals surface area contributed by atoms with E-state index < -0.39 is 5.50 Å². The molecule has 1 atom stereocenters. The maximum atomic E-state index is 9.99. The number of aryl methyl sites for hydroxylation is 1. The van der Waals surface area contributed by atoms with Crippen molar-refractivity contribution < 1.29 is 0 Å². The molecular formula is C7H7ClN2O. The van der Waals surface area contributed by atoms with Crippen molar-refractivity contribution in [2.45, 2.75) is 12.4 Å². The zero-order chi connectivity index (χ0) is 8.27. The van der Waals surface area contributed by atoms with E-state index in [0.29, 0.717) is 5.69 Å². The fraction of sp³-hybridized carbons (Fsp3) is 0.286. The summed E-state index contributed by atoms with van der Waals surface area (Å²) >= 11 is 5.52. The predicted octanol–water partition coefficient (Wildman–Crippen LogP) is 2.39. The molecule has 58 valence electrons. The van der Waals surface area contributed by atoms with E-state index in [1.165, 1.54) is 0 Å². The highest BCUT2D eigenvalue weighted by atomic mass is 35.5. The van der Waals surface area contributed by atoms with Crippen LogP contribution in [-0.4, -0.2) is 4.98 Å². The number of hydrogen-bond donors (Lipinski definition) is 0. The molecule has 1 aromatic rings. The Morgan fingerprint density at radius 1 is 1.64 bits per heavy atom. The molecule has 3 nitrogen and oxygen atoms in total. The summed E-state index contributed by atoms with van der Waals surface area (Å²) in [4.78, 5) is 14.0. The van der Waals surface area contributed by atoms with Gasteiger partial charge in [0.25, 0.3) is 0 Å². The van der Waals surface area contributed by atoms with Gasteiger partial charge in [0, 0.05) is 5.69 Å². The fourth-order valence-electron chi connectivity index (χ4n) is 0.751. The number of alkyl halides is 1. The van der Waals surface area contributed by atoms with Gasteiger partial charge in [-0.1, -0.05) is 17.7 Å². The summed E-state index contributed by atoms with van der Waals surface area (Å²) in [5, 5.41) is 2.65. The minimum atomic E-state index is -0.866. The average Bonchev–Trinajstić information content (AvgIpc) is 2.03. The van der Waals surface area contributed by atoms with Crippen LogP contribution in [0.15, 0.2) is 23.4 Å². The topological polar surface area (TPSA) is 42.3 Å². The fourth-order valence-corrected chi connectivity index (χ4v) is 0.872. The number of nitroso groups, excluding NO2 is 1. The van der Waals surface area contributed by atoms with E-state index in [4.69, 9.17) is 11.6 Å². The second-order valence-corrected chi connectivity index (χ2v) is 2.56. The van der Waals surface area contributed by atoms with Crippen molar-refractivity contribution in [3.63, 3.8) is 0 Å². The average molecular weight is 171 g/mol. The molecule has 0 N–H and O–H groups in total. The molecule has 0 radical (unpaired) electrons. The molecule has 0 aromatic carbocycles. The van der Waals surface area contributed by atoms with Gasteiger partial charge in [-0.15, -0.1) is 4.91 Å². The second-order valence-electron chi connectivity index (χ2n) is 2.15. The molecule has 0 bridgehead atoms. The van der Waals surface area contributed by atoms with Gasteiger partial charge in [0.15, 0.2) is 0 Å². The Hall–Kier alpha value is -0.960. The summed E-state index contributed by atoms with van der Waals surface area (Å²) in [6, 6.07) is 5.29. The molecule has 0 fully saturated rings. The predicted molar refractivity (Wildman–Crippen MR) is 43.4 cm³/mol. The van der Waals surface area contributed by atoms with Gasteiger partial charge >= 0.3 is 0 Å². The molecule has 0 aliphatic rings. The molecule has 1 rings (SSSR count). The van der Waals surface area contributed by atoms with Gasteiger partial charge in [-0.05, 0) is 24.2 Å². The number of nitrogens with zero attached hydrogens (tertiary/aromatic N) is 2. The van der Waals surface area contributed by atoms with Crippen LogP contribution in [0.1, 0.15) is 16.9 Å². The molecule has 0 spiro atoms. The second kappa shape index (κ2) is 3.44. The molecule has 0 amide bonds. The quantitative estimate of drug-likeness (QED) is 0.389. The zero-order valence-electron chi connectivity index (χ0n) is 5.99. The van der Waals surface area contributed by atoms with Crippen molar-refractivity contribution in [2.75, 3.05) is 0 Å². The lowest BCUT2D eigenvalue weighted by Crippen LogP contribution is -1.91. The SMILES string of the molecule is Cc1cccc(C(Cl)N=O)n1. The van der Waals surface area contributed by atoms with E-state index in [2.05, 4.69) is 10.2 Å². The Balaban J connectivity index is 2.95. The summed E-state index contributed by atoms with van der Waals surface area (Å²) in [5.41, 5.74) is 0.466. The smallest absolute Gasteiger partial charge is 0.207 e. The van der Waals surface area contributed by atoms with Gasteiger partial charge in [-0.25, -0.2) is 0 Å². The highest BCUT2D eigenvalue weighted by Gasteiger charge is 2.07.